The molecule has 27 heavy (non-hydrogen) atoms. The van der Waals surface area contributed by atoms with Gasteiger partial charge in [-0.05, 0) is 18.6 Å². The summed E-state index contributed by atoms with van der Waals surface area (Å²) >= 11 is 0. The number of carboxylic acid groups (broad SMARTS) is 1. The molecule has 0 radical (unpaired) electrons. The van der Waals surface area contributed by atoms with Crippen molar-refractivity contribution in [1.29, 1.82) is 0 Å². The molecule has 1 aromatic heterocycles. The molecular formula is C14H17F3N4O5S. The van der Waals surface area contributed by atoms with Crippen LogP contribution >= 0.6 is 0 Å². The van der Waals surface area contributed by atoms with E-state index >= 15 is 0 Å². The molecule has 2 aliphatic rings. The lowest BCUT2D eigenvalue weighted by Gasteiger charge is -2.46. The number of alkyl halides is 3. The van der Waals surface area contributed by atoms with Crippen molar-refractivity contribution < 1.29 is 35.7 Å². The van der Waals surface area contributed by atoms with Crippen molar-refractivity contribution in [2.45, 2.75) is 18.7 Å². The number of hydrogen-bond donors (Lipinski definition) is 1. The highest BCUT2D eigenvalue weighted by Crippen LogP contribution is 2.41. The summed E-state index contributed by atoms with van der Waals surface area (Å²) in [5.74, 6) is 0.338. The molecule has 2 aliphatic heterocycles. The van der Waals surface area contributed by atoms with Gasteiger partial charge in [0.25, 0.3) is 10.1 Å². The number of nitrogens with zero attached hydrogens (tertiary/aromatic N) is 4. The number of likely N-dealkylation sites (tertiary alicyclic amines) is 1. The van der Waals surface area contributed by atoms with E-state index in [-0.39, 0.29) is 5.41 Å². The van der Waals surface area contributed by atoms with E-state index < -0.39 is 34.2 Å². The fraction of sp³-hybridized carbons (Fsp3) is 0.643. The Hall–Kier alpha value is -2.15. The SMILES string of the molecule is CS(=O)(=O)OC(c1ccc(N2CCC3(CN(C(=O)O)C3)C2)nn1)C(F)(F)F. The highest BCUT2D eigenvalue weighted by molar-refractivity contribution is 7.86. The van der Waals surface area contributed by atoms with Crippen molar-refractivity contribution in [3.8, 4) is 0 Å². The molecule has 1 amide bonds. The minimum atomic E-state index is -4.97. The highest BCUT2D eigenvalue weighted by atomic mass is 32.2. The Labute approximate surface area is 152 Å². The fourth-order valence-electron chi connectivity index (χ4n) is 3.38. The molecule has 3 heterocycles. The molecule has 0 aliphatic carbocycles. The summed E-state index contributed by atoms with van der Waals surface area (Å²) in [6.45, 7) is 1.91. The van der Waals surface area contributed by atoms with Gasteiger partial charge in [0, 0.05) is 31.6 Å². The molecule has 1 atom stereocenters. The van der Waals surface area contributed by atoms with Crippen molar-refractivity contribution in [2.75, 3.05) is 37.3 Å². The summed E-state index contributed by atoms with van der Waals surface area (Å²) in [6, 6.07) is 2.35. The van der Waals surface area contributed by atoms with Crippen LogP contribution in [0.3, 0.4) is 0 Å². The maximum atomic E-state index is 13.1. The monoisotopic (exact) mass is 410 g/mol. The molecule has 2 saturated heterocycles. The second kappa shape index (κ2) is 6.48. The number of amides is 1. The summed E-state index contributed by atoms with van der Waals surface area (Å²) in [4.78, 5) is 14.0. The number of rotatable bonds is 4. The van der Waals surface area contributed by atoms with Crippen LogP contribution in [-0.2, 0) is 14.3 Å². The van der Waals surface area contributed by atoms with Crippen LogP contribution in [0.25, 0.3) is 0 Å². The molecule has 0 saturated carbocycles. The Balaban J connectivity index is 1.71. The third-order valence-electron chi connectivity index (χ3n) is 4.59. The van der Waals surface area contributed by atoms with Crippen LogP contribution in [-0.4, -0.2) is 73.3 Å². The molecule has 3 rings (SSSR count). The minimum absolute atomic E-state index is 0.174. The third kappa shape index (κ3) is 4.24. The molecule has 1 unspecified atom stereocenters. The second-order valence-corrected chi connectivity index (χ2v) is 8.45. The molecule has 2 fully saturated rings. The molecule has 13 heteroatoms. The summed E-state index contributed by atoms with van der Waals surface area (Å²) in [5.41, 5.74) is -0.835. The lowest BCUT2D eigenvalue weighted by Crippen LogP contribution is -2.59. The van der Waals surface area contributed by atoms with E-state index in [1.165, 1.54) is 11.0 Å². The van der Waals surface area contributed by atoms with Crippen molar-refractivity contribution in [2.24, 2.45) is 5.41 Å². The van der Waals surface area contributed by atoms with Gasteiger partial charge in [-0.25, -0.2) is 4.79 Å². The van der Waals surface area contributed by atoms with Gasteiger partial charge in [-0.3, -0.25) is 4.18 Å². The lowest BCUT2D eigenvalue weighted by molar-refractivity contribution is -0.198. The van der Waals surface area contributed by atoms with Crippen molar-refractivity contribution in [1.82, 2.24) is 15.1 Å². The zero-order valence-electron chi connectivity index (χ0n) is 14.2. The topological polar surface area (TPSA) is 113 Å². The van der Waals surface area contributed by atoms with Gasteiger partial charge in [0.2, 0.25) is 6.10 Å². The van der Waals surface area contributed by atoms with Gasteiger partial charge in [-0.1, -0.05) is 0 Å². The van der Waals surface area contributed by atoms with Crippen LogP contribution in [0.15, 0.2) is 12.1 Å². The average Bonchev–Trinajstić information content (AvgIpc) is 2.95. The van der Waals surface area contributed by atoms with Crippen LogP contribution in [0, 0.1) is 5.41 Å². The third-order valence-corrected chi connectivity index (χ3v) is 5.14. The first-order valence-corrected chi connectivity index (χ1v) is 9.72. The van der Waals surface area contributed by atoms with Crippen LogP contribution in [0.5, 0.6) is 0 Å². The molecular weight excluding hydrogens is 393 g/mol. The molecule has 9 nitrogen and oxygen atoms in total. The van der Waals surface area contributed by atoms with Crippen LogP contribution in [0.4, 0.5) is 23.8 Å². The zero-order chi connectivity index (χ0) is 20.0. The van der Waals surface area contributed by atoms with Gasteiger partial charge in [0.1, 0.15) is 5.69 Å². The Bertz CT molecular complexity index is 824. The first kappa shape index (κ1) is 19.6. The predicted octanol–water partition coefficient (Wildman–Crippen LogP) is 1.25. The number of anilines is 1. The van der Waals surface area contributed by atoms with E-state index in [4.69, 9.17) is 5.11 Å². The Morgan fingerprint density at radius 2 is 1.96 bits per heavy atom. The molecule has 150 valence electrons. The van der Waals surface area contributed by atoms with Gasteiger partial charge in [0.15, 0.2) is 5.82 Å². The zero-order valence-corrected chi connectivity index (χ0v) is 15.0. The number of aromatic nitrogens is 2. The Morgan fingerprint density at radius 1 is 1.30 bits per heavy atom. The molecule has 1 aromatic rings. The van der Waals surface area contributed by atoms with Crippen LogP contribution in [0.1, 0.15) is 18.2 Å². The summed E-state index contributed by atoms with van der Waals surface area (Å²) in [5, 5.41) is 16.2. The van der Waals surface area contributed by atoms with Crippen molar-refractivity contribution in [3.63, 3.8) is 0 Å². The van der Waals surface area contributed by atoms with Gasteiger partial charge >= 0.3 is 12.3 Å². The number of hydrogen-bond acceptors (Lipinski definition) is 7. The Morgan fingerprint density at radius 3 is 2.44 bits per heavy atom. The number of carbonyl (C=O) groups is 1. The van der Waals surface area contributed by atoms with E-state index in [1.807, 2.05) is 4.90 Å². The first-order chi connectivity index (χ1) is 12.4. The molecule has 1 N–H and O–H groups in total. The highest BCUT2D eigenvalue weighted by Gasteiger charge is 2.50. The largest absolute Gasteiger partial charge is 0.465 e. The fourth-order valence-corrected chi connectivity index (χ4v) is 3.94. The first-order valence-electron chi connectivity index (χ1n) is 7.90. The number of halogens is 3. The van der Waals surface area contributed by atoms with E-state index in [1.54, 1.807) is 0 Å². The van der Waals surface area contributed by atoms with Crippen LogP contribution in [0.2, 0.25) is 0 Å². The summed E-state index contributed by atoms with van der Waals surface area (Å²) in [7, 11) is -4.35. The normalized spacial score (nSPS) is 20.6. The van der Waals surface area contributed by atoms with Gasteiger partial charge < -0.3 is 14.9 Å². The smallest absolute Gasteiger partial charge is 0.421 e. The summed E-state index contributed by atoms with van der Waals surface area (Å²) < 4.78 is 65.5. The molecule has 0 bridgehead atoms. The Kier molecular flexibility index (Phi) is 4.70. The average molecular weight is 410 g/mol. The predicted molar refractivity (Wildman–Crippen MR) is 85.6 cm³/mol. The second-order valence-electron chi connectivity index (χ2n) is 6.85. The van der Waals surface area contributed by atoms with E-state index in [9.17, 15) is 26.4 Å². The van der Waals surface area contributed by atoms with Crippen LogP contribution < -0.4 is 4.90 Å². The van der Waals surface area contributed by atoms with E-state index in [0.717, 1.165) is 12.5 Å². The van der Waals surface area contributed by atoms with Gasteiger partial charge in [0.05, 0.1) is 6.26 Å². The van der Waals surface area contributed by atoms with Crippen molar-refractivity contribution in [3.05, 3.63) is 17.8 Å². The quantitative estimate of drug-likeness (QED) is 0.738. The minimum Gasteiger partial charge on any atom is -0.465 e. The van der Waals surface area contributed by atoms with Gasteiger partial charge in [-0.2, -0.15) is 26.7 Å². The van der Waals surface area contributed by atoms with E-state index in [2.05, 4.69) is 14.4 Å². The lowest BCUT2D eigenvalue weighted by atomic mass is 9.79. The van der Waals surface area contributed by atoms with Gasteiger partial charge in [-0.15, -0.1) is 5.10 Å². The van der Waals surface area contributed by atoms with Crippen molar-refractivity contribution >= 4 is 22.0 Å². The summed E-state index contributed by atoms with van der Waals surface area (Å²) in [6.07, 6.45) is -7.41. The maximum Gasteiger partial charge on any atom is 0.421 e. The molecule has 0 aromatic carbocycles. The molecule has 1 spiro atoms. The standard InChI is InChI=1S/C14H17F3N4O5S/c1-27(24,25)26-11(14(15,16)17)9-2-3-10(19-18-9)20-5-4-13(6-20)7-21(8-13)12(22)23/h2-3,11H,4-8H2,1H3,(H,22,23). The van der Waals surface area contributed by atoms with E-state index in [0.29, 0.717) is 38.3 Å². The maximum absolute atomic E-state index is 13.1.